The average molecular weight is 460 g/mol. The molecule has 0 spiro atoms. The van der Waals surface area contributed by atoms with E-state index in [-0.39, 0.29) is 0 Å². The van der Waals surface area contributed by atoms with Crippen molar-refractivity contribution >= 4 is 50.4 Å². The van der Waals surface area contributed by atoms with Crippen LogP contribution >= 0.6 is 22.2 Å². The lowest BCUT2D eigenvalue weighted by Crippen LogP contribution is -2.11. The molecule has 0 atom stereocenters. The number of halogens is 2. The molecule has 0 saturated heterocycles. The average Bonchev–Trinajstić information content (AvgIpc) is 2.75. The highest BCUT2D eigenvalue weighted by Gasteiger charge is 2.19. The van der Waals surface area contributed by atoms with Crippen molar-refractivity contribution in [3.63, 3.8) is 0 Å². The quantitative estimate of drug-likeness (QED) is 0.143. The standard InChI is InChI=1S/C18H16.C9H20Cl2Si/c1-3-7-15-13(5-1)9-11-18-16-8-4-2-6-14(16)10-12-17(15)18;1-3-4-5-6-7-8-9-12(2,10)11/h1,3,5,7,9-12H,2,4,6,8H2;3-9H2,1-2H3. The third-order valence-corrected chi connectivity index (χ3v) is 8.59. The van der Waals surface area contributed by atoms with Gasteiger partial charge in [0.2, 0.25) is 6.69 Å². The van der Waals surface area contributed by atoms with Crippen LogP contribution in [0.1, 0.15) is 69.4 Å². The molecule has 0 fully saturated rings. The highest BCUT2D eigenvalue weighted by Crippen LogP contribution is 2.33. The summed E-state index contributed by atoms with van der Waals surface area (Å²) in [6, 6.07) is 19.0. The van der Waals surface area contributed by atoms with E-state index in [1.807, 2.05) is 6.55 Å². The van der Waals surface area contributed by atoms with Crippen LogP contribution in [-0.4, -0.2) is 6.69 Å². The van der Waals surface area contributed by atoms with Gasteiger partial charge in [0.05, 0.1) is 0 Å². The number of hydrogen-bond acceptors (Lipinski definition) is 0. The van der Waals surface area contributed by atoms with Gasteiger partial charge in [-0.05, 0) is 70.9 Å². The fourth-order valence-corrected chi connectivity index (χ4v) is 6.23. The summed E-state index contributed by atoms with van der Waals surface area (Å²) in [6.45, 7) is 2.46. The zero-order valence-corrected chi connectivity index (χ0v) is 21.2. The highest BCUT2D eigenvalue weighted by molar-refractivity contribution is 7.44. The Morgan fingerprint density at radius 3 is 2.23 bits per heavy atom. The van der Waals surface area contributed by atoms with E-state index >= 15 is 0 Å². The van der Waals surface area contributed by atoms with Gasteiger partial charge in [-0.1, -0.05) is 94.0 Å². The lowest BCUT2D eigenvalue weighted by Gasteiger charge is -2.18. The van der Waals surface area contributed by atoms with Crippen molar-refractivity contribution in [2.24, 2.45) is 0 Å². The zero-order chi connectivity index (χ0) is 21.4. The summed E-state index contributed by atoms with van der Waals surface area (Å²) in [5.74, 6) is 0. The molecular weight excluding hydrogens is 423 g/mol. The Labute approximate surface area is 193 Å². The summed E-state index contributed by atoms with van der Waals surface area (Å²) in [5, 5.41) is 5.64. The van der Waals surface area contributed by atoms with Crippen LogP contribution in [0, 0.1) is 0 Å². The number of hydrogen-bond donors (Lipinski definition) is 0. The summed E-state index contributed by atoms with van der Waals surface area (Å²) < 4.78 is 0. The maximum Gasteiger partial charge on any atom is 0.248 e. The second-order valence-corrected chi connectivity index (χ2v) is 17.1. The molecule has 0 unspecified atom stereocenters. The van der Waals surface area contributed by atoms with E-state index in [0.29, 0.717) is 0 Å². The monoisotopic (exact) mass is 458 g/mol. The maximum absolute atomic E-state index is 5.98. The molecule has 0 aromatic heterocycles. The molecule has 3 heteroatoms. The minimum atomic E-state index is -1.78. The van der Waals surface area contributed by atoms with Crippen molar-refractivity contribution in [1.29, 1.82) is 0 Å². The molecule has 162 valence electrons. The summed E-state index contributed by atoms with van der Waals surface area (Å²) in [4.78, 5) is 0. The van der Waals surface area contributed by atoms with E-state index in [1.54, 1.807) is 11.1 Å². The Morgan fingerprint density at radius 1 is 0.733 bits per heavy atom. The molecule has 0 N–H and O–H groups in total. The Hall–Kier alpha value is -1.02. The van der Waals surface area contributed by atoms with Crippen molar-refractivity contribution in [2.45, 2.75) is 83.7 Å². The van der Waals surface area contributed by atoms with Gasteiger partial charge >= 0.3 is 0 Å². The molecule has 0 nitrogen and oxygen atoms in total. The van der Waals surface area contributed by atoms with Crippen molar-refractivity contribution in [3.8, 4) is 0 Å². The summed E-state index contributed by atoms with van der Waals surface area (Å²) in [7, 11) is 0. The molecule has 0 heterocycles. The highest BCUT2D eigenvalue weighted by atomic mass is 35.7. The van der Waals surface area contributed by atoms with Gasteiger partial charge in [-0.15, -0.1) is 22.2 Å². The van der Waals surface area contributed by atoms with Gasteiger partial charge in [-0.25, -0.2) is 0 Å². The molecule has 3 aromatic rings. The van der Waals surface area contributed by atoms with Crippen LogP contribution in [0.3, 0.4) is 0 Å². The van der Waals surface area contributed by atoms with Gasteiger partial charge in [0, 0.05) is 0 Å². The fraction of sp³-hybridized carbons (Fsp3) is 0.481. The van der Waals surface area contributed by atoms with Crippen LogP contribution in [0.4, 0.5) is 0 Å². The third kappa shape index (κ3) is 6.74. The maximum atomic E-state index is 5.98. The Bertz CT molecular complexity index is 943. The van der Waals surface area contributed by atoms with Crippen LogP contribution in [0.5, 0.6) is 0 Å². The Kier molecular flexibility index (Phi) is 9.10. The van der Waals surface area contributed by atoms with Crippen molar-refractivity contribution in [2.75, 3.05) is 0 Å². The normalized spacial score (nSPS) is 13.7. The molecule has 0 radical (unpaired) electrons. The molecule has 0 amide bonds. The number of rotatable bonds is 7. The summed E-state index contributed by atoms with van der Waals surface area (Å²) in [6.07, 6.45) is 13.2. The van der Waals surface area contributed by atoms with Gasteiger partial charge in [-0.3, -0.25) is 0 Å². The predicted molar refractivity (Wildman–Crippen MR) is 140 cm³/mol. The smallest absolute Gasteiger partial charge is 0.146 e. The molecule has 0 aliphatic heterocycles. The first kappa shape index (κ1) is 23.6. The van der Waals surface area contributed by atoms with E-state index in [0.717, 1.165) is 6.04 Å². The number of fused-ring (bicyclic) bond motifs is 5. The first-order valence-electron chi connectivity index (χ1n) is 11.8. The first-order chi connectivity index (χ1) is 14.5. The van der Waals surface area contributed by atoms with Crippen molar-refractivity contribution in [3.05, 3.63) is 59.7 Å². The second kappa shape index (κ2) is 11.6. The van der Waals surface area contributed by atoms with Crippen LogP contribution in [0.25, 0.3) is 21.5 Å². The summed E-state index contributed by atoms with van der Waals surface area (Å²) in [5.41, 5.74) is 3.17. The van der Waals surface area contributed by atoms with E-state index in [2.05, 4.69) is 55.5 Å². The van der Waals surface area contributed by atoms with Gasteiger partial charge in [0.1, 0.15) is 0 Å². The third-order valence-electron chi connectivity index (χ3n) is 6.23. The van der Waals surface area contributed by atoms with E-state index < -0.39 is 6.69 Å². The van der Waals surface area contributed by atoms with Crippen LogP contribution in [0.2, 0.25) is 12.6 Å². The van der Waals surface area contributed by atoms with Crippen LogP contribution in [0.15, 0.2) is 48.5 Å². The topological polar surface area (TPSA) is 0 Å². The lowest BCUT2D eigenvalue weighted by molar-refractivity contribution is 0.623. The van der Waals surface area contributed by atoms with Crippen LogP contribution < -0.4 is 0 Å². The predicted octanol–water partition coefficient (Wildman–Crippen LogP) is 9.77. The summed E-state index contributed by atoms with van der Waals surface area (Å²) >= 11 is 12.0. The first-order valence-corrected chi connectivity index (χ1v) is 16.5. The fourth-order valence-electron chi connectivity index (χ4n) is 4.56. The minimum Gasteiger partial charge on any atom is -0.146 e. The van der Waals surface area contributed by atoms with E-state index in [4.69, 9.17) is 22.2 Å². The molecule has 3 aromatic carbocycles. The van der Waals surface area contributed by atoms with Gasteiger partial charge in [0.15, 0.2) is 0 Å². The molecule has 1 aliphatic carbocycles. The van der Waals surface area contributed by atoms with Crippen molar-refractivity contribution < 1.29 is 0 Å². The number of unbranched alkanes of at least 4 members (excludes halogenated alkanes) is 5. The Morgan fingerprint density at radius 2 is 1.43 bits per heavy atom. The largest absolute Gasteiger partial charge is 0.248 e. The Balaban J connectivity index is 0.000000189. The minimum absolute atomic E-state index is 1.06. The lowest BCUT2D eigenvalue weighted by atomic mass is 9.86. The van der Waals surface area contributed by atoms with Gasteiger partial charge in [0.25, 0.3) is 0 Å². The molecule has 0 bridgehead atoms. The molecule has 30 heavy (non-hydrogen) atoms. The van der Waals surface area contributed by atoms with Crippen LogP contribution in [-0.2, 0) is 12.8 Å². The van der Waals surface area contributed by atoms with E-state index in [1.165, 1.54) is 85.8 Å². The van der Waals surface area contributed by atoms with Crippen molar-refractivity contribution in [1.82, 2.24) is 0 Å². The van der Waals surface area contributed by atoms with E-state index in [9.17, 15) is 0 Å². The molecule has 1 aliphatic rings. The SMILES string of the molecule is CCCCCCCC[Si](C)(Cl)Cl.c1ccc2c(c1)ccc1c3c(ccc12)CCCC3. The van der Waals surface area contributed by atoms with Gasteiger partial charge in [-0.2, -0.15) is 0 Å². The van der Waals surface area contributed by atoms with Gasteiger partial charge < -0.3 is 0 Å². The number of benzene rings is 3. The second-order valence-electron chi connectivity index (χ2n) is 8.88. The zero-order valence-electron chi connectivity index (χ0n) is 18.7. The molecular formula is C27H36Cl2Si. The molecule has 4 rings (SSSR count). The number of aryl methyl sites for hydroxylation is 2. The molecule has 0 saturated carbocycles.